The van der Waals surface area contributed by atoms with Gasteiger partial charge in [-0.1, -0.05) is 11.6 Å². The minimum Gasteiger partial charge on any atom is -0.344 e. The molecule has 0 radical (unpaired) electrons. The summed E-state index contributed by atoms with van der Waals surface area (Å²) in [6.45, 7) is 1.23. The third kappa shape index (κ3) is 3.39. The summed E-state index contributed by atoms with van der Waals surface area (Å²) in [7, 11) is 0. The van der Waals surface area contributed by atoms with Crippen LogP contribution in [-0.2, 0) is 10.3 Å². The number of alkyl halides is 2. The van der Waals surface area contributed by atoms with E-state index >= 15 is 8.78 Å². The Balaban J connectivity index is 2.27. The summed E-state index contributed by atoms with van der Waals surface area (Å²) in [5.74, 6) is -5.28. The second kappa shape index (κ2) is 7.14. The van der Waals surface area contributed by atoms with Gasteiger partial charge in [0.05, 0.1) is 52.8 Å². The molecule has 0 unspecified atom stereocenters. The number of nitrogens with zero attached hydrogens (tertiary/aromatic N) is 4. The Morgan fingerprint density at radius 2 is 1.82 bits per heavy atom. The fraction of sp³-hybridized carbons (Fsp3) is 0.316. The summed E-state index contributed by atoms with van der Waals surface area (Å²) in [4.78, 5) is 20.0. The highest BCUT2D eigenvalue weighted by Gasteiger charge is 2.61. The van der Waals surface area contributed by atoms with E-state index in [1.807, 2.05) is 12.1 Å². The second-order valence-electron chi connectivity index (χ2n) is 6.64. The lowest BCUT2D eigenvalue weighted by Gasteiger charge is -2.37. The van der Waals surface area contributed by atoms with Crippen molar-refractivity contribution in [3.8, 4) is 12.1 Å². The minimum atomic E-state index is -3.22. The number of halogens is 3. The standard InChI is InChI=1S/C19H14ClF2N5O/c1-11(28)27-18(15-9-26-16(20)10-25-15)2-3-19(21,22)17(18)14-5-12(7-23)4-13(6-14)8-24/h4-6,9-10,17H,2-3H2,1H3,(H,27,28)/t17-,18+/m0/s1. The summed E-state index contributed by atoms with van der Waals surface area (Å²) in [6.07, 6.45) is 1.87. The first-order valence-electron chi connectivity index (χ1n) is 8.31. The van der Waals surface area contributed by atoms with Crippen LogP contribution in [0.2, 0.25) is 5.15 Å². The second-order valence-corrected chi connectivity index (χ2v) is 7.03. The van der Waals surface area contributed by atoms with Crippen molar-refractivity contribution >= 4 is 17.5 Å². The van der Waals surface area contributed by atoms with Gasteiger partial charge in [0, 0.05) is 13.3 Å². The number of hydrogen-bond donors (Lipinski definition) is 1. The molecule has 1 aromatic carbocycles. The number of hydrogen-bond acceptors (Lipinski definition) is 5. The Labute approximate surface area is 164 Å². The van der Waals surface area contributed by atoms with E-state index in [1.54, 1.807) is 0 Å². The van der Waals surface area contributed by atoms with Gasteiger partial charge in [-0.25, -0.2) is 13.8 Å². The maximum atomic E-state index is 15.1. The monoisotopic (exact) mass is 401 g/mol. The largest absolute Gasteiger partial charge is 0.344 e. The summed E-state index contributed by atoms with van der Waals surface area (Å²) >= 11 is 5.78. The molecular formula is C19H14ClF2N5O. The van der Waals surface area contributed by atoms with Gasteiger partial charge in [-0.2, -0.15) is 10.5 Å². The van der Waals surface area contributed by atoms with Crippen LogP contribution in [0.3, 0.4) is 0 Å². The molecule has 1 aliphatic carbocycles. The van der Waals surface area contributed by atoms with Crippen molar-refractivity contribution in [3.63, 3.8) is 0 Å². The third-order valence-electron chi connectivity index (χ3n) is 4.79. The average Bonchev–Trinajstić information content (AvgIpc) is 2.92. The van der Waals surface area contributed by atoms with Crippen molar-refractivity contribution in [2.75, 3.05) is 0 Å². The van der Waals surface area contributed by atoms with Gasteiger partial charge in [-0.15, -0.1) is 0 Å². The molecule has 0 saturated heterocycles. The zero-order chi connectivity index (χ0) is 20.5. The molecule has 1 amide bonds. The SMILES string of the molecule is CC(=O)N[C@@]1(c2cnc(Cl)cn2)CCC(F)(F)[C@H]1c1cc(C#N)cc(C#N)c1. The van der Waals surface area contributed by atoms with Gasteiger partial charge < -0.3 is 5.32 Å². The first-order chi connectivity index (χ1) is 13.2. The number of amides is 1. The number of carbonyl (C=O) groups is 1. The minimum absolute atomic E-state index is 0.0728. The van der Waals surface area contributed by atoms with Gasteiger partial charge in [-0.3, -0.25) is 9.78 Å². The van der Waals surface area contributed by atoms with Crippen molar-refractivity contribution < 1.29 is 13.6 Å². The summed E-state index contributed by atoms with van der Waals surface area (Å²) in [6, 6.07) is 7.70. The van der Waals surface area contributed by atoms with Crippen molar-refractivity contribution in [2.24, 2.45) is 0 Å². The Morgan fingerprint density at radius 3 is 2.32 bits per heavy atom. The van der Waals surface area contributed by atoms with E-state index in [1.165, 1.54) is 37.5 Å². The Morgan fingerprint density at radius 1 is 1.18 bits per heavy atom. The van der Waals surface area contributed by atoms with Crippen LogP contribution >= 0.6 is 11.6 Å². The summed E-state index contributed by atoms with van der Waals surface area (Å²) < 4.78 is 30.2. The van der Waals surface area contributed by atoms with Crippen LogP contribution in [0.4, 0.5) is 8.78 Å². The van der Waals surface area contributed by atoms with Crippen molar-refractivity contribution in [1.82, 2.24) is 15.3 Å². The highest BCUT2D eigenvalue weighted by molar-refractivity contribution is 6.29. The molecule has 1 N–H and O–H groups in total. The van der Waals surface area contributed by atoms with Crippen molar-refractivity contribution in [3.05, 3.63) is 58.1 Å². The Kier molecular flexibility index (Phi) is 5.01. The highest BCUT2D eigenvalue weighted by atomic mass is 35.5. The average molecular weight is 402 g/mol. The number of rotatable bonds is 3. The molecule has 1 heterocycles. The van der Waals surface area contributed by atoms with E-state index in [2.05, 4.69) is 15.3 Å². The van der Waals surface area contributed by atoms with E-state index in [4.69, 9.17) is 11.6 Å². The summed E-state index contributed by atoms with van der Waals surface area (Å²) in [5, 5.41) is 21.2. The zero-order valence-corrected chi connectivity index (χ0v) is 15.5. The maximum absolute atomic E-state index is 15.1. The van der Waals surface area contributed by atoms with Crippen molar-refractivity contribution in [2.45, 2.75) is 37.1 Å². The van der Waals surface area contributed by atoms with E-state index < -0.39 is 29.7 Å². The Bertz CT molecular complexity index is 980. The fourth-order valence-electron chi connectivity index (χ4n) is 3.82. The highest BCUT2D eigenvalue weighted by Crippen LogP contribution is 2.57. The maximum Gasteiger partial charge on any atom is 0.257 e. The van der Waals surface area contributed by atoms with Crippen LogP contribution in [-0.4, -0.2) is 21.8 Å². The van der Waals surface area contributed by atoms with Gasteiger partial charge in [0.2, 0.25) is 5.91 Å². The molecule has 1 fully saturated rings. The van der Waals surface area contributed by atoms with Gasteiger partial charge >= 0.3 is 0 Å². The number of carbonyl (C=O) groups excluding carboxylic acids is 1. The van der Waals surface area contributed by atoms with Crippen LogP contribution < -0.4 is 5.32 Å². The molecule has 0 aliphatic heterocycles. The van der Waals surface area contributed by atoms with E-state index in [9.17, 15) is 15.3 Å². The van der Waals surface area contributed by atoms with E-state index in [0.717, 1.165) is 0 Å². The molecule has 1 aliphatic rings. The molecule has 0 spiro atoms. The first-order valence-corrected chi connectivity index (χ1v) is 8.69. The van der Waals surface area contributed by atoms with E-state index in [-0.39, 0.29) is 34.0 Å². The molecule has 6 nitrogen and oxygen atoms in total. The van der Waals surface area contributed by atoms with Crippen molar-refractivity contribution in [1.29, 1.82) is 10.5 Å². The molecule has 28 heavy (non-hydrogen) atoms. The Hall–Kier alpha value is -3.10. The van der Waals surface area contributed by atoms with Gasteiger partial charge in [0.15, 0.2) is 0 Å². The quantitative estimate of drug-likeness (QED) is 0.848. The molecule has 1 saturated carbocycles. The lowest BCUT2D eigenvalue weighted by molar-refractivity contribution is -0.121. The molecule has 142 valence electrons. The predicted molar refractivity (Wildman–Crippen MR) is 95.3 cm³/mol. The first kappa shape index (κ1) is 19.7. The molecule has 2 aromatic rings. The van der Waals surface area contributed by atoms with Crippen LogP contribution in [0, 0.1) is 22.7 Å². The molecule has 3 rings (SSSR count). The van der Waals surface area contributed by atoms with Crippen LogP contribution in [0.25, 0.3) is 0 Å². The van der Waals surface area contributed by atoms with Crippen LogP contribution in [0.15, 0.2) is 30.6 Å². The number of nitrogens with one attached hydrogen (secondary N) is 1. The van der Waals surface area contributed by atoms with E-state index in [0.29, 0.717) is 0 Å². The third-order valence-corrected chi connectivity index (χ3v) is 4.99. The fourth-order valence-corrected chi connectivity index (χ4v) is 3.92. The lowest BCUT2D eigenvalue weighted by Crippen LogP contribution is -2.50. The number of nitriles is 2. The summed E-state index contributed by atoms with van der Waals surface area (Å²) in [5.41, 5.74) is -1.20. The van der Waals surface area contributed by atoms with Gasteiger partial charge in [0.25, 0.3) is 5.92 Å². The molecule has 2 atom stereocenters. The smallest absolute Gasteiger partial charge is 0.257 e. The predicted octanol–water partition coefficient (Wildman–Crippen LogP) is 3.42. The molecule has 0 bridgehead atoms. The normalized spacial score (nSPS) is 22.9. The lowest BCUT2D eigenvalue weighted by atomic mass is 9.77. The number of aromatic nitrogens is 2. The molecule has 9 heteroatoms. The topological polar surface area (TPSA) is 102 Å². The van der Waals surface area contributed by atoms with Gasteiger partial charge in [-0.05, 0) is 30.2 Å². The molecule has 1 aromatic heterocycles. The van der Waals surface area contributed by atoms with Crippen LogP contribution in [0.5, 0.6) is 0 Å². The zero-order valence-electron chi connectivity index (χ0n) is 14.7. The van der Waals surface area contributed by atoms with Crippen LogP contribution in [0.1, 0.15) is 48.1 Å². The van der Waals surface area contributed by atoms with Gasteiger partial charge in [0.1, 0.15) is 5.15 Å². The molecular weight excluding hydrogens is 388 g/mol. The number of benzene rings is 1.